The van der Waals surface area contributed by atoms with Crippen molar-refractivity contribution in [1.82, 2.24) is 9.88 Å². The van der Waals surface area contributed by atoms with E-state index < -0.39 is 5.97 Å². The second-order valence-electron chi connectivity index (χ2n) is 7.81. The number of ether oxygens (including phenoxy) is 2. The number of methoxy groups -OCH3 is 1. The first-order valence-electron chi connectivity index (χ1n) is 11.0. The van der Waals surface area contributed by atoms with Gasteiger partial charge in [-0.05, 0) is 55.5 Å². The lowest BCUT2D eigenvalue weighted by molar-refractivity contribution is -0.134. The number of thiazole rings is 1. The van der Waals surface area contributed by atoms with Crippen molar-refractivity contribution in [1.29, 1.82) is 0 Å². The summed E-state index contributed by atoms with van der Waals surface area (Å²) in [6, 6.07) is 15.1. The molecule has 0 atom stereocenters. The number of carbonyl (C=O) groups excluding carboxylic acids is 2. The summed E-state index contributed by atoms with van der Waals surface area (Å²) in [7, 11) is 1.65. The molecule has 2 heterocycles. The van der Waals surface area contributed by atoms with Crippen molar-refractivity contribution in [3.05, 3.63) is 70.2 Å². The van der Waals surface area contributed by atoms with Gasteiger partial charge in [0.1, 0.15) is 5.75 Å². The molecular weight excluding hydrogens is 470 g/mol. The molecule has 0 N–H and O–H groups in total. The second kappa shape index (κ2) is 11.4. The molecule has 0 aliphatic carbocycles. The average molecular weight is 498 g/mol. The fourth-order valence-electron chi connectivity index (χ4n) is 3.63. The predicted molar refractivity (Wildman–Crippen MR) is 135 cm³/mol. The van der Waals surface area contributed by atoms with Crippen molar-refractivity contribution < 1.29 is 19.1 Å². The van der Waals surface area contributed by atoms with Crippen LogP contribution in [0.5, 0.6) is 5.75 Å². The molecule has 0 spiro atoms. The number of benzene rings is 2. The number of aryl methyl sites for hydroxylation is 1. The Kier molecular flexibility index (Phi) is 8.08. The molecule has 0 bridgehead atoms. The van der Waals surface area contributed by atoms with Gasteiger partial charge in [-0.15, -0.1) is 23.1 Å². The number of hydrogen-bond donors (Lipinski definition) is 0. The van der Waals surface area contributed by atoms with Gasteiger partial charge in [-0.3, -0.25) is 4.79 Å². The maximum Gasteiger partial charge on any atom is 0.338 e. The highest BCUT2D eigenvalue weighted by molar-refractivity contribution is 7.98. The van der Waals surface area contributed by atoms with Crippen molar-refractivity contribution in [2.75, 3.05) is 44.8 Å². The summed E-state index contributed by atoms with van der Waals surface area (Å²) < 4.78 is 10.5. The fourth-order valence-corrected chi connectivity index (χ4v) is 5.14. The lowest BCUT2D eigenvalue weighted by atomic mass is 10.2. The highest BCUT2D eigenvalue weighted by Gasteiger charge is 2.22. The minimum Gasteiger partial charge on any atom is -0.497 e. The molecular formula is C25H27N3O4S2. The Morgan fingerprint density at radius 3 is 2.35 bits per heavy atom. The lowest BCUT2D eigenvalue weighted by Crippen LogP contribution is -2.49. The molecule has 34 heavy (non-hydrogen) atoms. The largest absolute Gasteiger partial charge is 0.497 e. The number of esters is 1. The predicted octanol–water partition coefficient (Wildman–Crippen LogP) is 4.26. The van der Waals surface area contributed by atoms with E-state index in [1.54, 1.807) is 47.2 Å². The van der Waals surface area contributed by atoms with E-state index >= 15 is 0 Å². The molecule has 4 rings (SSSR count). The molecule has 7 nitrogen and oxygen atoms in total. The van der Waals surface area contributed by atoms with E-state index in [-0.39, 0.29) is 12.5 Å². The topological polar surface area (TPSA) is 72.0 Å². The van der Waals surface area contributed by atoms with Gasteiger partial charge in [-0.2, -0.15) is 0 Å². The third-order valence-electron chi connectivity index (χ3n) is 5.54. The zero-order valence-electron chi connectivity index (χ0n) is 19.2. The quantitative estimate of drug-likeness (QED) is 0.340. The summed E-state index contributed by atoms with van der Waals surface area (Å²) in [6.45, 7) is 4.38. The van der Waals surface area contributed by atoms with Crippen molar-refractivity contribution in [3.63, 3.8) is 0 Å². The summed E-state index contributed by atoms with van der Waals surface area (Å²) in [6.07, 6.45) is 0. The van der Waals surface area contributed by atoms with Crippen LogP contribution in [-0.2, 0) is 15.3 Å². The molecule has 0 saturated carbocycles. The van der Waals surface area contributed by atoms with Crippen LogP contribution in [-0.4, -0.2) is 61.7 Å². The Morgan fingerprint density at radius 1 is 1.03 bits per heavy atom. The molecule has 0 radical (unpaired) electrons. The van der Waals surface area contributed by atoms with Crippen LogP contribution in [0.25, 0.3) is 0 Å². The first kappa shape index (κ1) is 24.1. The number of thioether (sulfide) groups is 1. The molecule has 1 amide bonds. The van der Waals surface area contributed by atoms with Gasteiger partial charge in [0.15, 0.2) is 6.61 Å². The zero-order chi connectivity index (χ0) is 23.9. The summed E-state index contributed by atoms with van der Waals surface area (Å²) >= 11 is 3.31. The normalized spacial score (nSPS) is 13.6. The van der Waals surface area contributed by atoms with E-state index in [2.05, 4.69) is 15.3 Å². The summed E-state index contributed by atoms with van der Waals surface area (Å²) in [5.41, 5.74) is 2.59. The van der Waals surface area contributed by atoms with Gasteiger partial charge in [-0.25, -0.2) is 9.78 Å². The van der Waals surface area contributed by atoms with E-state index in [9.17, 15) is 9.59 Å². The van der Waals surface area contributed by atoms with Crippen LogP contribution in [0.15, 0.2) is 58.8 Å². The molecule has 1 aromatic heterocycles. The third-order valence-corrected chi connectivity index (χ3v) is 7.41. The van der Waals surface area contributed by atoms with Gasteiger partial charge in [0.25, 0.3) is 5.91 Å². The van der Waals surface area contributed by atoms with Crippen molar-refractivity contribution in [2.24, 2.45) is 0 Å². The number of amides is 1. The van der Waals surface area contributed by atoms with Crippen LogP contribution in [0.3, 0.4) is 0 Å². The number of rotatable bonds is 8. The number of piperazine rings is 1. The Hall–Kier alpha value is -3.04. The lowest BCUT2D eigenvalue weighted by Gasteiger charge is -2.36. The molecule has 3 aromatic rings. The first-order chi connectivity index (χ1) is 16.5. The molecule has 178 valence electrons. The van der Waals surface area contributed by atoms with Crippen LogP contribution in [0.4, 0.5) is 5.69 Å². The smallest absolute Gasteiger partial charge is 0.338 e. The third kappa shape index (κ3) is 6.30. The Morgan fingerprint density at radius 2 is 1.74 bits per heavy atom. The SMILES string of the molecule is COc1ccc(N2CCN(C(=O)COC(=O)c3ccc(SCc4csc(C)n4)cc3)CC2)cc1. The maximum absolute atomic E-state index is 12.5. The molecule has 0 unspecified atom stereocenters. The highest BCUT2D eigenvalue weighted by Crippen LogP contribution is 2.24. The molecule has 1 fully saturated rings. The van der Waals surface area contributed by atoms with Gasteiger partial charge < -0.3 is 19.3 Å². The Labute approximate surface area is 207 Å². The van der Waals surface area contributed by atoms with Crippen molar-refractivity contribution in [2.45, 2.75) is 17.6 Å². The Bertz CT molecular complexity index is 1110. The van der Waals surface area contributed by atoms with Crippen LogP contribution in [0.2, 0.25) is 0 Å². The van der Waals surface area contributed by atoms with Crippen LogP contribution in [0, 0.1) is 6.92 Å². The highest BCUT2D eigenvalue weighted by atomic mass is 32.2. The first-order valence-corrected chi connectivity index (χ1v) is 12.9. The molecule has 1 aliphatic heterocycles. The van der Waals surface area contributed by atoms with Gasteiger partial charge >= 0.3 is 5.97 Å². The van der Waals surface area contributed by atoms with Crippen molar-refractivity contribution >= 4 is 40.7 Å². The van der Waals surface area contributed by atoms with Gasteiger partial charge in [0.05, 0.1) is 23.4 Å². The zero-order valence-corrected chi connectivity index (χ0v) is 20.9. The van der Waals surface area contributed by atoms with E-state index in [1.807, 2.05) is 43.3 Å². The van der Waals surface area contributed by atoms with Gasteiger partial charge in [-0.1, -0.05) is 0 Å². The van der Waals surface area contributed by atoms with Crippen LogP contribution >= 0.6 is 23.1 Å². The van der Waals surface area contributed by atoms with E-state index in [0.29, 0.717) is 18.7 Å². The van der Waals surface area contributed by atoms with E-state index in [4.69, 9.17) is 9.47 Å². The number of aromatic nitrogens is 1. The minimum atomic E-state index is -0.489. The fraction of sp³-hybridized carbons (Fsp3) is 0.320. The monoisotopic (exact) mass is 497 g/mol. The number of anilines is 1. The van der Waals surface area contributed by atoms with Crippen LogP contribution < -0.4 is 9.64 Å². The van der Waals surface area contributed by atoms with E-state index in [0.717, 1.165) is 45.9 Å². The van der Waals surface area contributed by atoms with Gasteiger partial charge in [0.2, 0.25) is 0 Å². The average Bonchev–Trinajstić information content (AvgIpc) is 3.31. The summed E-state index contributed by atoms with van der Waals surface area (Å²) in [5, 5.41) is 3.12. The Balaban J connectivity index is 1.20. The van der Waals surface area contributed by atoms with Gasteiger partial charge in [0, 0.05) is 47.9 Å². The minimum absolute atomic E-state index is 0.173. The maximum atomic E-state index is 12.5. The summed E-state index contributed by atoms with van der Waals surface area (Å²) in [5.74, 6) is 0.942. The molecule has 1 aliphatic rings. The van der Waals surface area contributed by atoms with E-state index in [1.165, 1.54) is 0 Å². The number of carbonyl (C=O) groups is 2. The summed E-state index contributed by atoms with van der Waals surface area (Å²) in [4.78, 5) is 34.4. The van der Waals surface area contributed by atoms with Crippen molar-refractivity contribution in [3.8, 4) is 5.75 Å². The van der Waals surface area contributed by atoms with Crippen LogP contribution in [0.1, 0.15) is 21.1 Å². The molecule has 9 heteroatoms. The second-order valence-corrected chi connectivity index (χ2v) is 9.92. The number of nitrogens with zero attached hydrogens (tertiary/aromatic N) is 3. The molecule has 1 saturated heterocycles. The molecule has 2 aromatic carbocycles. The standard InChI is InChI=1S/C25H27N3O4S2/c1-18-26-20(16-33-18)17-34-23-9-3-19(4-10-23)25(30)32-15-24(29)28-13-11-27(12-14-28)21-5-7-22(31-2)8-6-21/h3-10,16H,11-15,17H2,1-2H3. The number of hydrogen-bond acceptors (Lipinski definition) is 8.